The van der Waals surface area contributed by atoms with Gasteiger partial charge in [-0.3, -0.25) is 28.8 Å². The number of hydrogen-bond donors (Lipinski definition) is 2. The third-order valence-electron chi connectivity index (χ3n) is 17.7. The highest BCUT2D eigenvalue weighted by Crippen LogP contribution is 2.37. The minimum atomic E-state index is -0.632. The van der Waals surface area contributed by atoms with Crippen molar-refractivity contribution in [1.29, 1.82) is 0 Å². The van der Waals surface area contributed by atoms with Gasteiger partial charge in [0, 0.05) is 37.1 Å². The van der Waals surface area contributed by atoms with Crippen LogP contribution in [-0.2, 0) is 89.3 Å². The van der Waals surface area contributed by atoms with Crippen LogP contribution in [0.4, 0.5) is 0 Å². The molecule has 2 saturated heterocycles. The second-order valence-electron chi connectivity index (χ2n) is 25.6. The molecule has 0 amide bonds. The number of nitrogens with zero attached hydrogens (tertiary/aromatic N) is 6. The number of benzene rings is 4. The summed E-state index contributed by atoms with van der Waals surface area (Å²) < 4.78 is 90.5. The van der Waals surface area contributed by atoms with E-state index in [4.69, 9.17) is 87.7 Å². The predicted octanol–water partition coefficient (Wildman–Crippen LogP) is 11.6. The number of esters is 2. The zero-order valence-electron chi connectivity index (χ0n) is 65.8. The third kappa shape index (κ3) is 32.9. The fourth-order valence-electron chi connectivity index (χ4n) is 11.4. The molecule has 7 rings (SSSR count). The van der Waals surface area contributed by atoms with Gasteiger partial charge in [0.2, 0.25) is 0 Å². The summed E-state index contributed by atoms with van der Waals surface area (Å²) in [4.78, 5) is 74.5. The lowest BCUT2D eigenvalue weighted by atomic mass is 9.82. The highest BCUT2D eigenvalue weighted by atomic mass is 16.7. The van der Waals surface area contributed by atoms with Crippen LogP contribution in [-0.4, -0.2) is 205 Å². The molecule has 0 bridgehead atoms. The number of rotatable bonds is 45. The van der Waals surface area contributed by atoms with Crippen molar-refractivity contribution in [2.24, 2.45) is 28.8 Å². The van der Waals surface area contributed by atoms with Gasteiger partial charge in [-0.15, -0.1) is 11.5 Å². The number of ether oxygens (including phenoxy) is 16. The maximum absolute atomic E-state index is 12.4. The lowest BCUT2D eigenvalue weighted by Gasteiger charge is -2.43. The maximum Gasteiger partial charge on any atom is 0.303 e. The summed E-state index contributed by atoms with van der Waals surface area (Å²) in [6, 6.07) is 19.7. The number of methoxy groups -OCH3 is 4. The molecule has 2 aliphatic heterocycles. The first-order valence-corrected chi connectivity index (χ1v) is 36.7. The molecule has 3 heterocycles. The van der Waals surface area contributed by atoms with Gasteiger partial charge < -0.3 is 86.0 Å². The van der Waals surface area contributed by atoms with E-state index in [1.165, 1.54) is 78.7 Å². The van der Waals surface area contributed by atoms with Crippen LogP contribution < -0.4 is 28.4 Å². The summed E-state index contributed by atoms with van der Waals surface area (Å²) in [7, 11) is 5.89. The van der Waals surface area contributed by atoms with Crippen molar-refractivity contribution in [1.82, 2.24) is 15.0 Å². The molecule has 10 atom stereocenters. The number of phenolic OH excluding ortho intramolecular Hbond substituents is 2. The molecule has 608 valence electrons. The van der Waals surface area contributed by atoms with Crippen molar-refractivity contribution in [3.05, 3.63) is 142 Å². The quantitative estimate of drug-likeness (QED) is 0.00534. The second-order valence-corrected chi connectivity index (χ2v) is 25.6. The third-order valence-corrected chi connectivity index (χ3v) is 17.7. The normalized spacial score (nSPS) is 19.3. The van der Waals surface area contributed by atoms with Crippen LogP contribution in [0.3, 0.4) is 0 Å². The molecule has 0 spiro atoms. The zero-order chi connectivity index (χ0) is 81.7. The Morgan fingerprint density at radius 2 is 0.920 bits per heavy atom. The summed E-state index contributed by atoms with van der Waals surface area (Å²) in [5.74, 6) is 3.58. The summed E-state index contributed by atoms with van der Waals surface area (Å²) in [6.07, 6.45) is 17.7. The number of azide groups is 1. The lowest BCUT2D eigenvalue weighted by molar-refractivity contribution is -0.277. The van der Waals surface area contributed by atoms with E-state index >= 15 is 0 Å². The topological polar surface area (TPSA) is 370 Å². The maximum atomic E-state index is 12.4. The fraction of sp³-hybridized carbons (Fsp3) is 0.488. The Labute approximate surface area is 654 Å². The van der Waals surface area contributed by atoms with E-state index in [-0.39, 0.29) is 114 Å². The number of terminal acetylenes is 1. The Morgan fingerprint density at radius 3 is 1.31 bits per heavy atom. The number of allylic oxidation sites excluding steroid dienone is 4. The number of hydrogen-bond acceptors (Lipinski definition) is 27. The molecule has 2 N–H and O–H groups in total. The van der Waals surface area contributed by atoms with Gasteiger partial charge in [0.15, 0.2) is 93.9 Å². The number of ketones is 4. The van der Waals surface area contributed by atoms with Gasteiger partial charge in [-0.2, -0.15) is 0 Å². The Kier molecular flexibility index (Phi) is 42.1. The van der Waals surface area contributed by atoms with Gasteiger partial charge in [-0.1, -0.05) is 106 Å². The summed E-state index contributed by atoms with van der Waals surface area (Å²) in [6.45, 7) is 20.1. The van der Waals surface area contributed by atoms with E-state index in [2.05, 4.69) is 67.8 Å². The van der Waals surface area contributed by atoms with Crippen molar-refractivity contribution < 1.29 is 115 Å². The van der Waals surface area contributed by atoms with Crippen LogP contribution in [0.2, 0.25) is 0 Å². The first-order valence-electron chi connectivity index (χ1n) is 36.7. The van der Waals surface area contributed by atoms with Crippen LogP contribution in [0, 0.1) is 36.0 Å². The first-order chi connectivity index (χ1) is 54.0. The molecule has 30 nitrogen and oxygen atoms in total. The summed E-state index contributed by atoms with van der Waals surface area (Å²) >= 11 is 0. The van der Waals surface area contributed by atoms with Gasteiger partial charge in [-0.25, -0.2) is 4.68 Å². The molecule has 0 saturated carbocycles. The van der Waals surface area contributed by atoms with Gasteiger partial charge in [0.05, 0.1) is 132 Å². The average Bonchev–Trinajstić information content (AvgIpc) is 0.975. The smallest absolute Gasteiger partial charge is 0.303 e. The number of aromatic nitrogens is 3. The molecule has 30 heteroatoms. The molecule has 10 unspecified atom stereocenters. The standard InChI is InChI=1S/C41H53N3O12.C24H22O6.C17H31N3O6/c1-7-36-27(2)28(3)40(55-29(4)45)41(56-36)53-21-20-52-19-18-51-17-16-44-25-32(42-43-44)26-54-37-15-11-31(23-39(37)50-6)9-13-34(47)24-33(46)12-8-30-10-14-35(48)38(22-30)49-5;1-4-13-30-22-12-8-18(15-24(22)29-3)6-10-20(26)16-19(25)9-5-17-7-11-21(27)23(14-17)28-2;1-5-15-12(2)13(3)16(25-14(4)21)17(26-15)24-11-10-23-9-8-22-7-6-19-20-18/h8-15,22-23,25,27-28,36,40-41,48H,7,16-21,24,26H2,1-6H3;1,5-12,14-15,27H,13,16H2,2-3H3;12-13,15-17H,5-11H2,1-4H3/b12-8+,13-9+;9-5+,10-6+;. The number of aromatic hydroxyl groups is 2. The molecule has 4 aromatic carbocycles. The largest absolute Gasteiger partial charge is 0.504 e. The fourth-order valence-corrected chi connectivity index (χ4v) is 11.4. The van der Waals surface area contributed by atoms with E-state index < -0.39 is 24.8 Å². The Morgan fingerprint density at radius 1 is 0.536 bits per heavy atom. The molecule has 1 aromatic heterocycles. The minimum absolute atomic E-state index is 0.00611. The highest BCUT2D eigenvalue weighted by molar-refractivity contribution is 6.11. The van der Waals surface area contributed by atoms with Crippen LogP contribution >= 0.6 is 0 Å². The van der Waals surface area contributed by atoms with Gasteiger partial charge in [-0.05, 0) is 125 Å². The van der Waals surface area contributed by atoms with Crippen LogP contribution in [0.15, 0.2) is 108 Å². The molecular weight excluding hydrogens is 1450 g/mol. The molecule has 0 radical (unpaired) electrons. The van der Waals surface area contributed by atoms with Crippen LogP contribution in [0.1, 0.15) is 109 Å². The predicted molar refractivity (Wildman–Crippen MR) is 414 cm³/mol. The van der Waals surface area contributed by atoms with Crippen LogP contribution in [0.25, 0.3) is 34.7 Å². The van der Waals surface area contributed by atoms with Crippen molar-refractivity contribution in [3.8, 4) is 58.3 Å². The summed E-state index contributed by atoms with van der Waals surface area (Å²) in [5.41, 5.74) is 11.5. The van der Waals surface area contributed by atoms with E-state index in [1.54, 1.807) is 95.8 Å². The lowest BCUT2D eigenvalue weighted by Crippen LogP contribution is -2.52. The zero-order valence-corrected chi connectivity index (χ0v) is 65.8. The van der Waals surface area contributed by atoms with E-state index in [1.807, 2.05) is 0 Å². The molecule has 112 heavy (non-hydrogen) atoms. The first kappa shape index (κ1) is 92.2. The Bertz CT molecular complexity index is 3990. The number of carbonyl (C=O) groups is 6. The van der Waals surface area contributed by atoms with Gasteiger partial charge >= 0.3 is 11.9 Å². The second kappa shape index (κ2) is 51.2. The molecule has 2 fully saturated rings. The van der Waals surface area contributed by atoms with E-state index in [0.29, 0.717) is 136 Å². The molecule has 2 aliphatic rings. The van der Waals surface area contributed by atoms with Gasteiger partial charge in [0.1, 0.15) is 18.9 Å². The van der Waals surface area contributed by atoms with Crippen LogP contribution in [0.5, 0.6) is 46.0 Å². The van der Waals surface area contributed by atoms with Crippen molar-refractivity contribution in [2.45, 2.75) is 131 Å². The monoisotopic (exact) mass is 1560 g/mol. The van der Waals surface area contributed by atoms with E-state index in [9.17, 15) is 39.0 Å². The molecule has 5 aromatic rings. The van der Waals surface area contributed by atoms with Crippen molar-refractivity contribution in [2.75, 3.05) is 108 Å². The van der Waals surface area contributed by atoms with Gasteiger partial charge in [0.25, 0.3) is 0 Å². The number of carbonyl (C=O) groups excluding carboxylic acids is 6. The number of phenols is 2. The molecular formula is C82H106N6O24. The van der Waals surface area contributed by atoms with E-state index in [0.717, 1.165) is 12.8 Å². The molecule has 0 aliphatic carbocycles. The highest BCUT2D eigenvalue weighted by Gasteiger charge is 2.45. The minimum Gasteiger partial charge on any atom is -0.504 e. The SMILES string of the molecule is C#CCOc1ccc(/C=C/C(=O)CC(=O)/C=C/c2ccc(O)c(OC)c2)cc1OC.CCC1OC(OCCOCCOCCN=[N+]=[N-])C(OC(C)=O)C(C)C1C.CCC1OC(OCCOCCOCCn2cc(COc3ccc(/C=C/C(=O)CC(=O)/C=C/c4ccc(O)c(OC)c4)cc3OC)nn2)C(OC(C)=O)C(C)C1C. The Balaban J connectivity index is 0.000000335. The Hall–Kier alpha value is -10.5. The summed E-state index contributed by atoms with van der Waals surface area (Å²) in [5, 5.41) is 31.0. The average molecular weight is 1560 g/mol. The van der Waals surface area contributed by atoms with Crippen molar-refractivity contribution >= 4 is 59.4 Å². The van der Waals surface area contributed by atoms with Crippen molar-refractivity contribution in [3.63, 3.8) is 0 Å².